The number of carbonyl (C=O) groups is 1. The molecule has 7 heteroatoms. The number of ether oxygens (including phenoxy) is 2. The highest BCUT2D eigenvalue weighted by molar-refractivity contribution is 7.99. The van der Waals surface area contributed by atoms with Gasteiger partial charge < -0.3 is 14.4 Å². The number of nitrogens with zero attached hydrogens (tertiary/aromatic N) is 3. The van der Waals surface area contributed by atoms with Crippen LogP contribution >= 0.6 is 11.8 Å². The fourth-order valence-electron chi connectivity index (χ4n) is 2.81. The second kappa shape index (κ2) is 8.61. The van der Waals surface area contributed by atoms with E-state index in [-0.39, 0.29) is 5.91 Å². The first-order valence-electron chi connectivity index (χ1n) is 9.09. The van der Waals surface area contributed by atoms with E-state index in [0.29, 0.717) is 37.2 Å². The molecule has 0 aliphatic carbocycles. The van der Waals surface area contributed by atoms with E-state index in [1.54, 1.807) is 0 Å². The second-order valence-electron chi connectivity index (χ2n) is 6.48. The van der Waals surface area contributed by atoms with Gasteiger partial charge in [-0.15, -0.1) is 0 Å². The van der Waals surface area contributed by atoms with Crippen LogP contribution in [-0.4, -0.2) is 46.3 Å². The summed E-state index contributed by atoms with van der Waals surface area (Å²) < 4.78 is 11.2. The van der Waals surface area contributed by atoms with Crippen molar-refractivity contribution in [3.8, 4) is 11.5 Å². The van der Waals surface area contributed by atoms with Gasteiger partial charge in [0.25, 0.3) is 0 Å². The number of benzene rings is 1. The number of rotatable bonds is 6. The summed E-state index contributed by atoms with van der Waals surface area (Å²) in [6.45, 7) is 10.2. The molecule has 0 saturated carbocycles. The summed E-state index contributed by atoms with van der Waals surface area (Å²) in [6, 6.07) is 5.84. The van der Waals surface area contributed by atoms with E-state index >= 15 is 0 Å². The Kier molecular flexibility index (Phi) is 6.21. The highest BCUT2D eigenvalue weighted by Crippen LogP contribution is 2.31. The number of fused-ring (bicyclic) bond motifs is 1. The zero-order chi connectivity index (χ0) is 19.4. The van der Waals surface area contributed by atoms with Crippen LogP contribution in [0.3, 0.4) is 0 Å². The lowest BCUT2D eigenvalue weighted by molar-refractivity contribution is -0.128. The van der Waals surface area contributed by atoms with E-state index in [1.165, 1.54) is 11.8 Å². The van der Waals surface area contributed by atoms with Crippen LogP contribution in [0, 0.1) is 20.8 Å². The lowest BCUT2D eigenvalue weighted by Gasteiger charge is -2.23. The van der Waals surface area contributed by atoms with E-state index < -0.39 is 0 Å². The molecule has 1 aliphatic heterocycles. The number of hydrogen-bond donors (Lipinski definition) is 0. The van der Waals surface area contributed by atoms with Gasteiger partial charge in [0.15, 0.2) is 16.7 Å². The maximum atomic E-state index is 12.7. The van der Waals surface area contributed by atoms with E-state index in [4.69, 9.17) is 9.47 Å². The van der Waals surface area contributed by atoms with Crippen LogP contribution in [0.25, 0.3) is 0 Å². The van der Waals surface area contributed by atoms with Gasteiger partial charge in [0.2, 0.25) is 5.91 Å². The molecule has 0 bridgehead atoms. The molecule has 1 aromatic carbocycles. The Morgan fingerprint density at radius 1 is 1.11 bits per heavy atom. The van der Waals surface area contributed by atoms with Gasteiger partial charge in [-0.3, -0.25) is 4.79 Å². The number of carbonyl (C=O) groups excluding carboxylic acids is 1. The highest BCUT2D eigenvalue weighted by Gasteiger charge is 2.17. The van der Waals surface area contributed by atoms with Crippen LogP contribution in [0.2, 0.25) is 0 Å². The van der Waals surface area contributed by atoms with Gasteiger partial charge in [-0.25, -0.2) is 9.97 Å². The Labute approximate surface area is 164 Å². The van der Waals surface area contributed by atoms with Crippen molar-refractivity contribution in [3.63, 3.8) is 0 Å². The molecule has 2 aromatic rings. The summed E-state index contributed by atoms with van der Waals surface area (Å²) in [5.41, 5.74) is 4.04. The van der Waals surface area contributed by atoms with E-state index in [2.05, 4.69) is 9.97 Å². The minimum Gasteiger partial charge on any atom is -0.486 e. The molecule has 0 unspecified atom stereocenters. The molecule has 3 rings (SSSR count). The Morgan fingerprint density at radius 3 is 2.44 bits per heavy atom. The maximum Gasteiger partial charge on any atom is 0.233 e. The second-order valence-corrected chi connectivity index (χ2v) is 7.42. The Morgan fingerprint density at radius 2 is 1.78 bits per heavy atom. The Balaban J connectivity index is 1.62. The van der Waals surface area contributed by atoms with Gasteiger partial charge in [-0.2, -0.15) is 0 Å². The minimum absolute atomic E-state index is 0.0665. The van der Waals surface area contributed by atoms with Crippen molar-refractivity contribution in [2.45, 2.75) is 39.4 Å². The predicted molar refractivity (Wildman–Crippen MR) is 105 cm³/mol. The Hall–Kier alpha value is -2.28. The highest BCUT2D eigenvalue weighted by atomic mass is 32.2. The average Bonchev–Trinajstić information content (AvgIpc) is 2.68. The van der Waals surface area contributed by atoms with Crippen LogP contribution < -0.4 is 9.47 Å². The third-order valence-electron chi connectivity index (χ3n) is 4.65. The fourth-order valence-corrected chi connectivity index (χ4v) is 3.64. The van der Waals surface area contributed by atoms with Crippen molar-refractivity contribution >= 4 is 17.7 Å². The third kappa shape index (κ3) is 4.71. The van der Waals surface area contributed by atoms with E-state index in [9.17, 15) is 4.79 Å². The first kappa shape index (κ1) is 19.5. The molecular formula is C20H25N3O3S. The standard InChI is InChI=1S/C20H25N3O3S/c1-5-23(11-16-6-7-17-18(10-16)26-9-8-25-17)19(24)12-27-20-21-14(3)13(2)15(4)22-20/h6-7,10H,5,8-9,11-12H2,1-4H3. The largest absolute Gasteiger partial charge is 0.486 e. The number of aryl methyl sites for hydroxylation is 2. The fraction of sp³-hybridized carbons (Fsp3) is 0.450. The molecule has 27 heavy (non-hydrogen) atoms. The van der Waals surface area contributed by atoms with E-state index in [1.807, 2.05) is 50.8 Å². The monoisotopic (exact) mass is 387 g/mol. The number of hydrogen-bond acceptors (Lipinski definition) is 6. The topological polar surface area (TPSA) is 64.6 Å². The molecule has 0 spiro atoms. The SMILES string of the molecule is CCN(Cc1ccc2c(c1)OCCO2)C(=O)CSc1nc(C)c(C)c(C)n1. The first-order valence-corrected chi connectivity index (χ1v) is 10.1. The molecular weight excluding hydrogens is 362 g/mol. The van der Waals surface area contributed by atoms with Gasteiger partial charge in [0, 0.05) is 24.5 Å². The van der Waals surface area contributed by atoms with Crippen LogP contribution in [-0.2, 0) is 11.3 Å². The molecule has 0 saturated heterocycles. The maximum absolute atomic E-state index is 12.7. The predicted octanol–water partition coefficient (Wildman–Crippen LogP) is 3.31. The molecule has 0 N–H and O–H groups in total. The molecule has 2 heterocycles. The summed E-state index contributed by atoms with van der Waals surface area (Å²) in [6.07, 6.45) is 0. The summed E-state index contributed by atoms with van der Waals surface area (Å²) in [4.78, 5) is 23.4. The molecule has 0 radical (unpaired) electrons. The van der Waals surface area contributed by atoms with Crippen LogP contribution in [0.1, 0.15) is 29.4 Å². The summed E-state index contributed by atoms with van der Waals surface area (Å²) in [5, 5.41) is 0.652. The van der Waals surface area contributed by atoms with Crippen molar-refractivity contribution < 1.29 is 14.3 Å². The van der Waals surface area contributed by atoms with Crippen LogP contribution in [0.5, 0.6) is 11.5 Å². The Bertz CT molecular complexity index is 818. The molecule has 6 nitrogen and oxygen atoms in total. The van der Waals surface area contributed by atoms with Gasteiger partial charge in [0.05, 0.1) is 5.75 Å². The van der Waals surface area contributed by atoms with Crippen molar-refractivity contribution in [1.29, 1.82) is 0 Å². The lowest BCUT2D eigenvalue weighted by atomic mass is 10.2. The minimum atomic E-state index is 0.0665. The summed E-state index contributed by atoms with van der Waals surface area (Å²) in [7, 11) is 0. The number of aromatic nitrogens is 2. The smallest absolute Gasteiger partial charge is 0.233 e. The van der Waals surface area contributed by atoms with Gasteiger partial charge in [0.1, 0.15) is 13.2 Å². The van der Waals surface area contributed by atoms with Gasteiger partial charge >= 0.3 is 0 Å². The van der Waals surface area contributed by atoms with Crippen LogP contribution in [0.4, 0.5) is 0 Å². The molecule has 144 valence electrons. The van der Waals surface area contributed by atoms with E-state index in [0.717, 1.165) is 34.0 Å². The first-order chi connectivity index (χ1) is 13.0. The quantitative estimate of drug-likeness (QED) is 0.560. The van der Waals surface area contributed by atoms with Crippen LogP contribution in [0.15, 0.2) is 23.4 Å². The van der Waals surface area contributed by atoms with Crippen molar-refractivity contribution in [2.24, 2.45) is 0 Å². The van der Waals surface area contributed by atoms with Crippen molar-refractivity contribution in [2.75, 3.05) is 25.5 Å². The van der Waals surface area contributed by atoms with Crippen molar-refractivity contribution in [3.05, 3.63) is 40.7 Å². The summed E-state index contributed by atoms with van der Waals surface area (Å²) in [5.74, 6) is 1.89. The number of thioether (sulfide) groups is 1. The number of amides is 1. The lowest BCUT2D eigenvalue weighted by Crippen LogP contribution is -2.31. The third-order valence-corrected chi connectivity index (χ3v) is 5.48. The molecule has 1 aromatic heterocycles. The van der Waals surface area contributed by atoms with Crippen molar-refractivity contribution in [1.82, 2.24) is 14.9 Å². The molecule has 0 atom stereocenters. The normalized spacial score (nSPS) is 12.7. The molecule has 1 aliphatic rings. The van der Waals surface area contributed by atoms with Gasteiger partial charge in [-0.1, -0.05) is 17.8 Å². The van der Waals surface area contributed by atoms with Gasteiger partial charge in [-0.05, 0) is 51.0 Å². The molecule has 1 amide bonds. The summed E-state index contributed by atoms with van der Waals surface area (Å²) >= 11 is 1.38. The zero-order valence-electron chi connectivity index (χ0n) is 16.2. The molecule has 0 fully saturated rings. The zero-order valence-corrected chi connectivity index (χ0v) is 17.1. The average molecular weight is 388 g/mol.